The van der Waals surface area contributed by atoms with Crippen molar-refractivity contribution in [3.05, 3.63) is 64.9 Å². The van der Waals surface area contributed by atoms with Gasteiger partial charge in [0.15, 0.2) is 5.13 Å². The molecular formula is C19H22N6O2S. The molecule has 1 amide bonds. The molecule has 0 saturated heterocycles. The van der Waals surface area contributed by atoms with Crippen molar-refractivity contribution in [2.45, 2.75) is 18.9 Å². The molecule has 0 spiro atoms. The lowest BCUT2D eigenvalue weighted by Crippen LogP contribution is -2.24. The summed E-state index contributed by atoms with van der Waals surface area (Å²) in [4.78, 5) is 16.1. The summed E-state index contributed by atoms with van der Waals surface area (Å²) >= 11 is 1.32. The number of carbonyl (C=O) groups excluding carboxylic acids is 1. The summed E-state index contributed by atoms with van der Waals surface area (Å²) in [5.41, 5.74) is 8.66. The minimum Gasteiger partial charge on any atom is -0.385 e. The largest absolute Gasteiger partial charge is 0.385 e. The fourth-order valence-electron chi connectivity index (χ4n) is 2.60. The van der Waals surface area contributed by atoms with E-state index in [1.807, 2.05) is 24.3 Å². The van der Waals surface area contributed by atoms with E-state index in [1.54, 1.807) is 23.7 Å². The molecule has 8 nitrogen and oxygen atoms in total. The first-order chi connectivity index (χ1) is 13.6. The molecule has 9 heteroatoms. The van der Waals surface area contributed by atoms with Gasteiger partial charge >= 0.3 is 0 Å². The van der Waals surface area contributed by atoms with Crippen molar-refractivity contribution in [3.63, 3.8) is 0 Å². The van der Waals surface area contributed by atoms with Crippen molar-refractivity contribution >= 4 is 28.1 Å². The third kappa shape index (κ3) is 6.08. The Labute approximate surface area is 166 Å². The van der Waals surface area contributed by atoms with Gasteiger partial charge in [-0.1, -0.05) is 12.1 Å². The molecule has 0 aliphatic heterocycles. The zero-order chi connectivity index (χ0) is 19.8. The van der Waals surface area contributed by atoms with Gasteiger partial charge in [-0.15, -0.1) is 11.3 Å². The Morgan fingerprint density at radius 2 is 2.07 bits per heavy atom. The summed E-state index contributed by atoms with van der Waals surface area (Å²) in [7, 11) is 0. The average molecular weight is 398 g/mol. The first-order valence-corrected chi connectivity index (χ1v) is 9.73. The number of aliphatic hydroxyl groups excluding tert-OH is 1. The number of rotatable bonds is 9. The van der Waals surface area contributed by atoms with E-state index in [9.17, 15) is 9.90 Å². The van der Waals surface area contributed by atoms with E-state index in [1.165, 1.54) is 11.3 Å². The molecule has 0 aliphatic rings. The number of nitrogens with zero attached hydrogens (tertiary/aromatic N) is 3. The van der Waals surface area contributed by atoms with Gasteiger partial charge in [-0.2, -0.15) is 10.2 Å². The number of aromatic nitrogens is 3. The molecule has 1 atom stereocenters. The van der Waals surface area contributed by atoms with E-state index >= 15 is 0 Å². The molecule has 0 saturated carbocycles. The van der Waals surface area contributed by atoms with Crippen molar-refractivity contribution in [1.82, 2.24) is 20.5 Å². The number of benzene rings is 1. The Balaban J connectivity index is 1.38. The molecule has 28 heavy (non-hydrogen) atoms. The SMILES string of the molecule is Nc1nc(CC(=O)Nc2ccc(CCNC[C@@H](O)c3cccnn3)cc2)cs1. The molecule has 5 N–H and O–H groups in total. The molecule has 3 rings (SSSR count). The summed E-state index contributed by atoms with van der Waals surface area (Å²) in [6.07, 6.45) is 1.90. The van der Waals surface area contributed by atoms with Crippen molar-refractivity contribution in [2.75, 3.05) is 24.1 Å². The molecular weight excluding hydrogens is 376 g/mol. The summed E-state index contributed by atoms with van der Waals surface area (Å²) in [6, 6.07) is 11.2. The van der Waals surface area contributed by atoms with Gasteiger partial charge in [0.2, 0.25) is 5.91 Å². The molecule has 0 bridgehead atoms. The van der Waals surface area contributed by atoms with E-state index in [0.717, 1.165) is 17.7 Å². The Morgan fingerprint density at radius 1 is 1.25 bits per heavy atom. The van der Waals surface area contributed by atoms with Crippen LogP contribution in [0.25, 0.3) is 0 Å². The fraction of sp³-hybridized carbons (Fsp3) is 0.263. The highest BCUT2D eigenvalue weighted by molar-refractivity contribution is 7.13. The van der Waals surface area contributed by atoms with Crippen LogP contribution in [-0.4, -0.2) is 39.3 Å². The van der Waals surface area contributed by atoms with Gasteiger partial charge in [-0.25, -0.2) is 4.98 Å². The highest BCUT2D eigenvalue weighted by Gasteiger charge is 2.09. The van der Waals surface area contributed by atoms with Crippen LogP contribution in [0.4, 0.5) is 10.8 Å². The number of aliphatic hydroxyl groups is 1. The topological polar surface area (TPSA) is 126 Å². The Hall–Kier alpha value is -2.88. The fourth-order valence-corrected chi connectivity index (χ4v) is 3.16. The molecule has 0 radical (unpaired) electrons. The van der Waals surface area contributed by atoms with Gasteiger partial charge in [0, 0.05) is 23.8 Å². The minimum absolute atomic E-state index is 0.127. The lowest BCUT2D eigenvalue weighted by Gasteiger charge is -2.11. The van der Waals surface area contributed by atoms with Gasteiger partial charge < -0.3 is 21.5 Å². The summed E-state index contributed by atoms with van der Waals surface area (Å²) in [6.45, 7) is 1.13. The van der Waals surface area contributed by atoms with Crippen LogP contribution in [-0.2, 0) is 17.6 Å². The van der Waals surface area contributed by atoms with E-state index < -0.39 is 6.10 Å². The van der Waals surface area contributed by atoms with E-state index in [-0.39, 0.29) is 12.3 Å². The normalized spacial score (nSPS) is 11.9. The van der Waals surface area contributed by atoms with E-state index in [0.29, 0.717) is 29.6 Å². The number of nitrogens with two attached hydrogens (primary N) is 1. The van der Waals surface area contributed by atoms with Gasteiger partial charge in [0.25, 0.3) is 0 Å². The molecule has 146 valence electrons. The second-order valence-corrected chi connectivity index (χ2v) is 7.11. The third-order valence-electron chi connectivity index (χ3n) is 4.01. The number of amides is 1. The zero-order valence-electron chi connectivity index (χ0n) is 15.2. The number of hydrogen-bond acceptors (Lipinski definition) is 8. The lowest BCUT2D eigenvalue weighted by atomic mass is 10.1. The van der Waals surface area contributed by atoms with Crippen LogP contribution in [0.2, 0.25) is 0 Å². The number of nitrogens with one attached hydrogen (secondary N) is 2. The van der Waals surface area contributed by atoms with Crippen molar-refractivity contribution in [2.24, 2.45) is 0 Å². The predicted molar refractivity (Wildman–Crippen MR) is 109 cm³/mol. The lowest BCUT2D eigenvalue weighted by molar-refractivity contribution is -0.115. The smallest absolute Gasteiger partial charge is 0.230 e. The zero-order valence-corrected chi connectivity index (χ0v) is 16.0. The molecule has 2 heterocycles. The maximum absolute atomic E-state index is 12.0. The molecule has 2 aromatic heterocycles. The summed E-state index contributed by atoms with van der Waals surface area (Å²) < 4.78 is 0. The second-order valence-electron chi connectivity index (χ2n) is 6.22. The maximum Gasteiger partial charge on any atom is 0.230 e. The second kappa shape index (κ2) is 9.88. The van der Waals surface area contributed by atoms with Crippen LogP contribution in [0.1, 0.15) is 23.1 Å². The molecule has 0 aliphatic carbocycles. The Bertz CT molecular complexity index is 885. The maximum atomic E-state index is 12.0. The highest BCUT2D eigenvalue weighted by atomic mass is 32.1. The number of anilines is 2. The first kappa shape index (κ1) is 19.9. The molecule has 3 aromatic rings. The van der Waals surface area contributed by atoms with Crippen LogP contribution >= 0.6 is 11.3 Å². The van der Waals surface area contributed by atoms with Crippen LogP contribution in [0.3, 0.4) is 0 Å². The van der Waals surface area contributed by atoms with Crippen molar-refractivity contribution < 1.29 is 9.90 Å². The Morgan fingerprint density at radius 3 is 2.75 bits per heavy atom. The highest BCUT2D eigenvalue weighted by Crippen LogP contribution is 2.14. The number of nitrogen functional groups attached to an aromatic ring is 1. The molecule has 1 aromatic carbocycles. The van der Waals surface area contributed by atoms with Crippen molar-refractivity contribution in [3.8, 4) is 0 Å². The predicted octanol–water partition coefficient (Wildman–Crippen LogP) is 1.56. The number of thiazole rings is 1. The molecule has 0 unspecified atom stereocenters. The average Bonchev–Trinajstić information content (AvgIpc) is 3.11. The first-order valence-electron chi connectivity index (χ1n) is 8.85. The van der Waals surface area contributed by atoms with Crippen molar-refractivity contribution in [1.29, 1.82) is 0 Å². The van der Waals surface area contributed by atoms with Gasteiger partial charge in [-0.05, 0) is 42.8 Å². The minimum atomic E-state index is -0.681. The van der Waals surface area contributed by atoms with Crippen LogP contribution in [0.15, 0.2) is 48.0 Å². The Kier molecular flexibility index (Phi) is 7.01. The standard InChI is InChI=1S/C19H22N6O2S/c20-19-24-15(12-28-19)10-18(27)23-14-5-3-13(4-6-14)7-9-21-11-17(26)16-2-1-8-22-25-16/h1-6,8,12,17,21,26H,7,9-11H2,(H2,20,24)(H,23,27)/t17-/m1/s1. The van der Waals surface area contributed by atoms with E-state index in [2.05, 4.69) is 25.8 Å². The third-order valence-corrected chi connectivity index (χ3v) is 4.73. The van der Waals surface area contributed by atoms with Gasteiger partial charge in [-0.3, -0.25) is 4.79 Å². The summed E-state index contributed by atoms with van der Waals surface area (Å²) in [5.74, 6) is -0.127. The monoisotopic (exact) mass is 398 g/mol. The quantitative estimate of drug-likeness (QED) is 0.403. The van der Waals surface area contributed by atoms with Crippen LogP contribution in [0, 0.1) is 0 Å². The molecule has 0 fully saturated rings. The van der Waals surface area contributed by atoms with E-state index in [4.69, 9.17) is 5.73 Å². The van der Waals surface area contributed by atoms with Gasteiger partial charge in [0.1, 0.15) is 6.10 Å². The van der Waals surface area contributed by atoms with Gasteiger partial charge in [0.05, 0.1) is 17.8 Å². The van der Waals surface area contributed by atoms with Crippen LogP contribution in [0.5, 0.6) is 0 Å². The van der Waals surface area contributed by atoms with Crippen LogP contribution < -0.4 is 16.4 Å². The number of carbonyl (C=O) groups is 1. The summed E-state index contributed by atoms with van der Waals surface area (Å²) in [5, 5.41) is 26.0. The number of hydrogen-bond donors (Lipinski definition) is 4.